The maximum Gasteiger partial charge on any atom is 0.191 e. The highest BCUT2D eigenvalue weighted by Gasteiger charge is 2.11. The molecular formula is C9H13NO2S. The van der Waals surface area contributed by atoms with Crippen molar-refractivity contribution in [3.63, 3.8) is 0 Å². The van der Waals surface area contributed by atoms with Crippen molar-refractivity contribution in [2.45, 2.75) is 11.8 Å². The van der Waals surface area contributed by atoms with Gasteiger partial charge in [-0.1, -0.05) is 12.1 Å². The van der Waals surface area contributed by atoms with Crippen molar-refractivity contribution in [1.82, 2.24) is 5.32 Å². The summed E-state index contributed by atoms with van der Waals surface area (Å²) in [7, 11) is -1.53. The number of benzene rings is 1. The molecule has 0 amide bonds. The first-order chi connectivity index (χ1) is 6.06. The van der Waals surface area contributed by atoms with E-state index in [9.17, 15) is 8.42 Å². The Bertz CT molecular complexity index is 384. The minimum Gasteiger partial charge on any atom is -0.306 e. The summed E-state index contributed by atoms with van der Waals surface area (Å²) in [6.07, 6.45) is 0. The van der Waals surface area contributed by atoms with Crippen LogP contribution >= 0.6 is 0 Å². The van der Waals surface area contributed by atoms with E-state index in [0.29, 0.717) is 4.90 Å². The van der Waals surface area contributed by atoms with Crippen LogP contribution in [0.3, 0.4) is 0 Å². The van der Waals surface area contributed by atoms with Crippen LogP contribution in [0.25, 0.3) is 0 Å². The molecule has 0 aromatic heterocycles. The standard InChI is InChI=1S/C9H13NO2S/c1-8-4-3-5-9(6-8)13(11,12)7-10-2/h3-6,10H,7H2,1-2H3. The summed E-state index contributed by atoms with van der Waals surface area (Å²) in [6, 6.07) is 6.91. The zero-order chi connectivity index (χ0) is 9.90. The van der Waals surface area contributed by atoms with E-state index in [1.165, 1.54) is 0 Å². The molecule has 13 heavy (non-hydrogen) atoms. The second kappa shape index (κ2) is 3.89. The Kier molecular flexibility index (Phi) is 3.06. The van der Waals surface area contributed by atoms with Crippen molar-refractivity contribution < 1.29 is 8.42 Å². The lowest BCUT2D eigenvalue weighted by Gasteiger charge is -2.03. The third kappa shape index (κ3) is 2.54. The zero-order valence-electron chi connectivity index (χ0n) is 7.74. The first-order valence-electron chi connectivity index (χ1n) is 4.00. The average molecular weight is 199 g/mol. The van der Waals surface area contributed by atoms with E-state index in [4.69, 9.17) is 0 Å². The highest BCUT2D eigenvalue weighted by atomic mass is 32.2. The minimum atomic E-state index is -3.14. The van der Waals surface area contributed by atoms with E-state index >= 15 is 0 Å². The van der Waals surface area contributed by atoms with E-state index in [2.05, 4.69) is 5.32 Å². The fourth-order valence-corrected chi connectivity index (χ4v) is 2.28. The second-order valence-corrected chi connectivity index (χ2v) is 4.92. The molecule has 4 heteroatoms. The number of nitrogens with one attached hydrogen (secondary N) is 1. The van der Waals surface area contributed by atoms with Crippen molar-refractivity contribution in [2.24, 2.45) is 0 Å². The van der Waals surface area contributed by atoms with Crippen molar-refractivity contribution in [3.05, 3.63) is 29.8 Å². The molecule has 1 aromatic carbocycles. The van der Waals surface area contributed by atoms with Crippen LogP contribution < -0.4 is 5.32 Å². The molecule has 1 rings (SSSR count). The second-order valence-electron chi connectivity index (χ2n) is 2.93. The van der Waals surface area contributed by atoms with Crippen LogP contribution in [-0.2, 0) is 9.84 Å². The van der Waals surface area contributed by atoms with E-state index < -0.39 is 9.84 Å². The Morgan fingerprint density at radius 3 is 2.62 bits per heavy atom. The minimum absolute atomic E-state index is 0.0174. The molecule has 0 aliphatic heterocycles. The fraction of sp³-hybridized carbons (Fsp3) is 0.333. The van der Waals surface area contributed by atoms with Gasteiger partial charge in [0.25, 0.3) is 0 Å². The summed E-state index contributed by atoms with van der Waals surface area (Å²) < 4.78 is 23.0. The smallest absolute Gasteiger partial charge is 0.191 e. The maximum absolute atomic E-state index is 11.5. The molecule has 0 heterocycles. The first-order valence-corrected chi connectivity index (χ1v) is 5.65. The van der Waals surface area contributed by atoms with Crippen molar-refractivity contribution >= 4 is 9.84 Å². The Morgan fingerprint density at radius 1 is 1.38 bits per heavy atom. The molecule has 1 aromatic rings. The fourth-order valence-electron chi connectivity index (χ4n) is 1.08. The zero-order valence-corrected chi connectivity index (χ0v) is 8.56. The van der Waals surface area contributed by atoms with Crippen molar-refractivity contribution in [1.29, 1.82) is 0 Å². The van der Waals surface area contributed by atoms with Crippen molar-refractivity contribution in [3.8, 4) is 0 Å². The van der Waals surface area contributed by atoms with Gasteiger partial charge in [0.15, 0.2) is 9.84 Å². The normalized spacial score (nSPS) is 11.5. The molecule has 0 aliphatic carbocycles. The maximum atomic E-state index is 11.5. The Hall–Kier alpha value is -0.870. The molecular weight excluding hydrogens is 186 g/mol. The third-order valence-corrected chi connectivity index (χ3v) is 3.32. The molecule has 0 radical (unpaired) electrons. The Balaban J connectivity index is 3.08. The molecule has 0 saturated heterocycles. The molecule has 0 aliphatic rings. The lowest BCUT2D eigenvalue weighted by molar-refractivity contribution is 0.591. The number of rotatable bonds is 3. The largest absolute Gasteiger partial charge is 0.306 e. The molecule has 0 spiro atoms. The van der Waals surface area contributed by atoms with Gasteiger partial charge < -0.3 is 5.32 Å². The van der Waals surface area contributed by atoms with Gasteiger partial charge in [-0.25, -0.2) is 8.42 Å². The SMILES string of the molecule is CNCS(=O)(=O)c1cccc(C)c1. The number of hydrogen-bond donors (Lipinski definition) is 1. The summed E-state index contributed by atoms with van der Waals surface area (Å²) in [5.41, 5.74) is 0.956. The van der Waals surface area contributed by atoms with Gasteiger partial charge in [0.1, 0.15) is 5.88 Å². The summed E-state index contributed by atoms with van der Waals surface area (Å²) in [5.74, 6) is -0.0174. The number of sulfone groups is 1. The molecule has 72 valence electrons. The van der Waals surface area contributed by atoms with Crippen LogP contribution in [0.1, 0.15) is 5.56 Å². The Morgan fingerprint density at radius 2 is 2.08 bits per heavy atom. The summed E-state index contributed by atoms with van der Waals surface area (Å²) in [6.45, 7) is 1.87. The highest BCUT2D eigenvalue weighted by molar-refractivity contribution is 7.91. The van der Waals surface area contributed by atoms with E-state index in [0.717, 1.165) is 5.56 Å². The van der Waals surface area contributed by atoms with Crippen LogP contribution in [0.15, 0.2) is 29.2 Å². The summed E-state index contributed by atoms with van der Waals surface area (Å²) >= 11 is 0. The van der Waals surface area contributed by atoms with Gasteiger partial charge in [0, 0.05) is 0 Å². The lowest BCUT2D eigenvalue weighted by atomic mass is 10.2. The van der Waals surface area contributed by atoms with Crippen molar-refractivity contribution in [2.75, 3.05) is 12.9 Å². The van der Waals surface area contributed by atoms with Gasteiger partial charge in [-0.3, -0.25) is 0 Å². The topological polar surface area (TPSA) is 46.2 Å². The van der Waals surface area contributed by atoms with Gasteiger partial charge in [0.05, 0.1) is 4.90 Å². The molecule has 0 unspecified atom stereocenters. The summed E-state index contributed by atoms with van der Waals surface area (Å²) in [4.78, 5) is 0.377. The predicted octanol–water partition coefficient (Wildman–Crippen LogP) is 0.946. The van der Waals surface area contributed by atoms with Gasteiger partial charge in [0.2, 0.25) is 0 Å². The van der Waals surface area contributed by atoms with E-state index in [-0.39, 0.29) is 5.88 Å². The molecule has 3 nitrogen and oxygen atoms in total. The predicted molar refractivity (Wildman–Crippen MR) is 52.3 cm³/mol. The lowest BCUT2D eigenvalue weighted by Crippen LogP contribution is -2.19. The van der Waals surface area contributed by atoms with Gasteiger partial charge in [-0.2, -0.15) is 0 Å². The molecule has 1 N–H and O–H groups in total. The summed E-state index contributed by atoms with van der Waals surface area (Å²) in [5, 5.41) is 2.64. The van der Waals surface area contributed by atoms with Crippen LogP contribution in [0, 0.1) is 6.92 Å². The quantitative estimate of drug-likeness (QED) is 0.788. The van der Waals surface area contributed by atoms with E-state index in [1.807, 2.05) is 13.0 Å². The third-order valence-electron chi connectivity index (χ3n) is 1.68. The van der Waals surface area contributed by atoms with Crippen LogP contribution in [-0.4, -0.2) is 21.3 Å². The highest BCUT2D eigenvalue weighted by Crippen LogP contribution is 2.11. The molecule has 0 atom stereocenters. The average Bonchev–Trinajstić information content (AvgIpc) is 2.04. The van der Waals surface area contributed by atoms with Gasteiger partial charge in [-0.15, -0.1) is 0 Å². The molecule has 0 fully saturated rings. The molecule has 0 saturated carbocycles. The van der Waals surface area contributed by atoms with Crippen LogP contribution in [0.5, 0.6) is 0 Å². The monoisotopic (exact) mass is 199 g/mol. The number of aryl methyl sites for hydroxylation is 1. The van der Waals surface area contributed by atoms with Gasteiger partial charge in [-0.05, 0) is 31.7 Å². The van der Waals surface area contributed by atoms with E-state index in [1.54, 1.807) is 25.2 Å². The first kappa shape index (κ1) is 10.2. The molecule has 0 bridgehead atoms. The van der Waals surface area contributed by atoms with Crippen LogP contribution in [0.4, 0.5) is 0 Å². The van der Waals surface area contributed by atoms with Crippen LogP contribution in [0.2, 0.25) is 0 Å². The van der Waals surface area contributed by atoms with Gasteiger partial charge >= 0.3 is 0 Å². The number of hydrogen-bond acceptors (Lipinski definition) is 3. The Labute approximate surface area is 78.7 Å².